The molecule has 1 amide bonds. The van der Waals surface area contributed by atoms with Gasteiger partial charge in [-0.2, -0.15) is 13.2 Å². The van der Waals surface area contributed by atoms with E-state index in [0.29, 0.717) is 12.8 Å². The summed E-state index contributed by atoms with van der Waals surface area (Å²) in [5, 5.41) is 5.62. The first-order chi connectivity index (χ1) is 9.38. The van der Waals surface area contributed by atoms with Crippen LogP contribution in [0.25, 0.3) is 0 Å². The van der Waals surface area contributed by atoms with Gasteiger partial charge in [0.1, 0.15) is 0 Å². The highest BCUT2D eigenvalue weighted by Gasteiger charge is 2.31. The molecule has 1 heterocycles. The third kappa shape index (κ3) is 3.64. The summed E-state index contributed by atoms with van der Waals surface area (Å²) in [6, 6.07) is 2.91. The Morgan fingerprint density at radius 3 is 2.50 bits per heavy atom. The molecule has 20 heavy (non-hydrogen) atoms. The highest BCUT2D eigenvalue weighted by atomic mass is 35.5. The predicted octanol–water partition coefficient (Wildman–Crippen LogP) is 3.30. The minimum atomic E-state index is -4.44. The smallest absolute Gasteiger partial charge is 0.325 e. The number of hydrogen-bond acceptors (Lipinski definition) is 2. The maximum atomic E-state index is 12.5. The molecule has 0 bridgehead atoms. The fourth-order valence-corrected chi connectivity index (χ4v) is 2.34. The Kier molecular flexibility index (Phi) is 4.55. The molecule has 0 unspecified atom stereocenters. The molecule has 7 heteroatoms. The number of carbonyl (C=O) groups is 1. The van der Waals surface area contributed by atoms with Crippen molar-refractivity contribution in [1.82, 2.24) is 5.32 Å². The van der Waals surface area contributed by atoms with Gasteiger partial charge in [-0.05, 0) is 44.1 Å². The quantitative estimate of drug-likeness (QED) is 0.880. The third-order valence-electron chi connectivity index (χ3n) is 3.26. The average molecular weight is 307 g/mol. The van der Waals surface area contributed by atoms with Crippen LogP contribution in [0.2, 0.25) is 5.02 Å². The van der Waals surface area contributed by atoms with Crippen molar-refractivity contribution in [3.63, 3.8) is 0 Å². The van der Waals surface area contributed by atoms with Gasteiger partial charge in [0.2, 0.25) is 5.91 Å². The highest BCUT2D eigenvalue weighted by Crippen LogP contribution is 2.34. The summed E-state index contributed by atoms with van der Waals surface area (Å²) in [5.41, 5.74) is -0.620. The summed E-state index contributed by atoms with van der Waals surface area (Å²) in [7, 11) is 0. The normalized spacial score (nSPS) is 17.0. The number of alkyl halides is 3. The molecular formula is C13H14ClF3N2O. The zero-order valence-electron chi connectivity index (χ0n) is 10.6. The molecule has 1 fully saturated rings. The van der Waals surface area contributed by atoms with Crippen molar-refractivity contribution in [1.29, 1.82) is 0 Å². The Morgan fingerprint density at radius 2 is 1.95 bits per heavy atom. The molecule has 1 aromatic carbocycles. The number of amides is 1. The first-order valence-electron chi connectivity index (χ1n) is 6.26. The fraction of sp³-hybridized carbons (Fsp3) is 0.462. The molecule has 0 aliphatic carbocycles. The van der Waals surface area contributed by atoms with Crippen LogP contribution in [0.4, 0.5) is 18.9 Å². The van der Waals surface area contributed by atoms with E-state index >= 15 is 0 Å². The van der Waals surface area contributed by atoms with Gasteiger partial charge in [-0.15, -0.1) is 0 Å². The van der Waals surface area contributed by atoms with Crippen molar-refractivity contribution in [2.75, 3.05) is 18.4 Å². The van der Waals surface area contributed by atoms with Crippen LogP contribution in [0.15, 0.2) is 18.2 Å². The number of halogens is 4. The van der Waals surface area contributed by atoms with E-state index in [0.717, 1.165) is 25.2 Å². The van der Waals surface area contributed by atoms with Gasteiger partial charge >= 0.3 is 6.18 Å². The number of hydrogen-bond donors (Lipinski definition) is 2. The number of carbonyl (C=O) groups excluding carboxylic acids is 1. The maximum absolute atomic E-state index is 12.5. The van der Waals surface area contributed by atoms with Crippen LogP contribution in [-0.2, 0) is 11.0 Å². The van der Waals surface area contributed by atoms with Crippen LogP contribution in [0.1, 0.15) is 18.4 Å². The minimum Gasteiger partial charge on any atom is -0.325 e. The molecule has 0 radical (unpaired) electrons. The van der Waals surface area contributed by atoms with Crippen LogP contribution in [0, 0.1) is 5.92 Å². The molecule has 2 N–H and O–H groups in total. The van der Waals surface area contributed by atoms with Gasteiger partial charge in [-0.1, -0.05) is 11.6 Å². The number of piperidine rings is 1. The zero-order chi connectivity index (χ0) is 14.8. The monoisotopic (exact) mass is 306 g/mol. The molecule has 0 spiro atoms. The largest absolute Gasteiger partial charge is 0.416 e. The molecule has 0 saturated carbocycles. The second-order valence-electron chi connectivity index (χ2n) is 4.71. The van der Waals surface area contributed by atoms with Crippen molar-refractivity contribution < 1.29 is 18.0 Å². The van der Waals surface area contributed by atoms with E-state index < -0.39 is 11.7 Å². The highest BCUT2D eigenvalue weighted by molar-refractivity contribution is 6.33. The van der Waals surface area contributed by atoms with Crippen molar-refractivity contribution in [3.05, 3.63) is 28.8 Å². The minimum absolute atomic E-state index is 0.109. The van der Waals surface area contributed by atoms with Crippen LogP contribution in [0.3, 0.4) is 0 Å². The average Bonchev–Trinajstić information content (AvgIpc) is 2.41. The van der Waals surface area contributed by atoms with Crippen LogP contribution in [0.5, 0.6) is 0 Å². The lowest BCUT2D eigenvalue weighted by atomic mass is 9.97. The molecule has 2 rings (SSSR count). The second kappa shape index (κ2) is 6.01. The second-order valence-corrected chi connectivity index (χ2v) is 5.11. The zero-order valence-corrected chi connectivity index (χ0v) is 11.3. The summed E-state index contributed by atoms with van der Waals surface area (Å²) in [6.45, 7) is 1.53. The molecule has 1 aliphatic rings. The van der Waals surface area contributed by atoms with Gasteiger partial charge in [0.05, 0.1) is 16.3 Å². The van der Waals surface area contributed by atoms with Crippen molar-refractivity contribution in [2.24, 2.45) is 5.92 Å². The van der Waals surface area contributed by atoms with E-state index in [9.17, 15) is 18.0 Å². The number of rotatable bonds is 2. The summed E-state index contributed by atoms with van der Waals surface area (Å²) in [5.74, 6) is -0.331. The van der Waals surface area contributed by atoms with E-state index in [1.807, 2.05) is 0 Å². The Hall–Kier alpha value is -1.27. The standard InChI is InChI=1S/C13H14ClF3N2O/c14-10-7-9(13(15,16)17)1-2-11(10)19-12(20)8-3-5-18-6-4-8/h1-2,7-8,18H,3-6H2,(H,19,20). The van der Waals surface area contributed by atoms with Crippen LogP contribution < -0.4 is 10.6 Å². The van der Waals surface area contributed by atoms with Gasteiger partial charge in [0, 0.05) is 5.92 Å². The van der Waals surface area contributed by atoms with Gasteiger partial charge in [-0.25, -0.2) is 0 Å². The first-order valence-corrected chi connectivity index (χ1v) is 6.64. The molecule has 1 aliphatic heterocycles. The van der Waals surface area contributed by atoms with Crippen LogP contribution >= 0.6 is 11.6 Å². The number of benzene rings is 1. The van der Waals surface area contributed by atoms with Crippen molar-refractivity contribution in [3.8, 4) is 0 Å². The van der Waals surface area contributed by atoms with E-state index in [1.165, 1.54) is 6.07 Å². The molecular weight excluding hydrogens is 293 g/mol. The van der Waals surface area contributed by atoms with Gasteiger partial charge in [0.25, 0.3) is 0 Å². The van der Waals surface area contributed by atoms with Crippen molar-refractivity contribution >= 4 is 23.2 Å². The summed E-state index contributed by atoms with van der Waals surface area (Å²) < 4.78 is 37.5. The molecule has 3 nitrogen and oxygen atoms in total. The molecule has 110 valence electrons. The predicted molar refractivity (Wildman–Crippen MR) is 70.7 cm³/mol. The molecule has 1 aromatic rings. The Labute approximate surface area is 119 Å². The van der Waals surface area contributed by atoms with Crippen LogP contribution in [-0.4, -0.2) is 19.0 Å². The summed E-state index contributed by atoms with van der Waals surface area (Å²) >= 11 is 5.79. The number of nitrogens with one attached hydrogen (secondary N) is 2. The summed E-state index contributed by atoms with van der Waals surface area (Å²) in [4.78, 5) is 12.0. The van der Waals surface area contributed by atoms with E-state index in [2.05, 4.69) is 10.6 Å². The van der Waals surface area contributed by atoms with Crippen molar-refractivity contribution in [2.45, 2.75) is 19.0 Å². The lowest BCUT2D eigenvalue weighted by molar-refractivity contribution is -0.137. The van der Waals surface area contributed by atoms with Gasteiger partial charge in [-0.3, -0.25) is 4.79 Å². The summed E-state index contributed by atoms with van der Waals surface area (Å²) in [6.07, 6.45) is -3.02. The maximum Gasteiger partial charge on any atom is 0.416 e. The SMILES string of the molecule is O=C(Nc1ccc(C(F)(F)F)cc1Cl)C1CCNCC1. The first kappa shape index (κ1) is 15.1. The van der Waals surface area contributed by atoms with E-state index in [1.54, 1.807) is 0 Å². The number of anilines is 1. The van der Waals surface area contributed by atoms with E-state index in [-0.39, 0.29) is 22.5 Å². The van der Waals surface area contributed by atoms with Gasteiger partial charge < -0.3 is 10.6 Å². The Bertz CT molecular complexity index is 499. The molecule has 0 atom stereocenters. The van der Waals surface area contributed by atoms with Gasteiger partial charge in [0.15, 0.2) is 0 Å². The van der Waals surface area contributed by atoms with E-state index in [4.69, 9.17) is 11.6 Å². The lowest BCUT2D eigenvalue weighted by Gasteiger charge is -2.22. The Morgan fingerprint density at radius 1 is 1.30 bits per heavy atom. The fourth-order valence-electron chi connectivity index (χ4n) is 2.11. The lowest BCUT2D eigenvalue weighted by Crippen LogP contribution is -2.34. The molecule has 1 saturated heterocycles. The Balaban J connectivity index is 2.08. The molecule has 0 aromatic heterocycles. The topological polar surface area (TPSA) is 41.1 Å². The third-order valence-corrected chi connectivity index (χ3v) is 3.58.